The molecule has 0 radical (unpaired) electrons. The van der Waals surface area contributed by atoms with Crippen LogP contribution in [0.4, 0.5) is 0 Å². The Hall–Kier alpha value is -0.400. The summed E-state index contributed by atoms with van der Waals surface area (Å²) < 4.78 is 0. The molecule has 0 bridgehead atoms. The molecule has 1 rings (SSSR count). The summed E-state index contributed by atoms with van der Waals surface area (Å²) >= 11 is 10.4. The molecular weight excluding hydrogens is 152 g/mol. The Balaban J connectivity index is 3.07. The molecule has 0 amide bonds. The van der Waals surface area contributed by atoms with Gasteiger partial charge >= 0.3 is 0 Å². The van der Waals surface area contributed by atoms with Crippen molar-refractivity contribution in [2.75, 3.05) is 0 Å². The van der Waals surface area contributed by atoms with Gasteiger partial charge in [0.15, 0.2) is 0 Å². The molecule has 0 atom stereocenters. The predicted octanol–water partition coefficient (Wildman–Crippen LogP) is 2.69. The standard InChI is InChI=1S/C7H5ClS/c8-7-3-1-2-6(4-7)5-9/h1-5H. The van der Waals surface area contributed by atoms with E-state index in [-0.39, 0.29) is 0 Å². The Kier molecular flexibility index (Phi) is 2.20. The number of hydrogen-bond donors (Lipinski definition) is 0. The van der Waals surface area contributed by atoms with Gasteiger partial charge in [0.05, 0.1) is 0 Å². The summed E-state index contributed by atoms with van der Waals surface area (Å²) in [7, 11) is 0. The lowest BCUT2D eigenvalue weighted by molar-refractivity contribution is 1.69. The fourth-order valence-corrected chi connectivity index (χ4v) is 0.925. The molecule has 0 aliphatic rings. The molecule has 0 saturated heterocycles. The molecule has 0 aromatic heterocycles. The topological polar surface area (TPSA) is 0 Å². The van der Waals surface area contributed by atoms with E-state index in [4.69, 9.17) is 23.8 Å². The third kappa shape index (κ3) is 1.77. The smallest absolute Gasteiger partial charge is 0.0412 e. The molecule has 0 saturated carbocycles. The minimum atomic E-state index is 0.730. The third-order valence-electron chi connectivity index (χ3n) is 0.985. The molecule has 0 spiro atoms. The van der Waals surface area contributed by atoms with Crippen LogP contribution in [0.3, 0.4) is 0 Å². The second-order valence-corrected chi connectivity index (χ2v) is 2.34. The quantitative estimate of drug-likeness (QED) is 0.564. The highest BCUT2D eigenvalue weighted by atomic mass is 35.5. The Morgan fingerprint density at radius 1 is 1.44 bits per heavy atom. The van der Waals surface area contributed by atoms with Crippen molar-refractivity contribution in [3.63, 3.8) is 0 Å². The molecule has 0 N–H and O–H groups in total. The van der Waals surface area contributed by atoms with Gasteiger partial charge in [0.1, 0.15) is 0 Å². The fourth-order valence-electron chi connectivity index (χ4n) is 0.580. The zero-order chi connectivity index (χ0) is 6.69. The summed E-state index contributed by atoms with van der Waals surface area (Å²) in [6.45, 7) is 0. The van der Waals surface area contributed by atoms with Gasteiger partial charge in [0, 0.05) is 10.4 Å². The Morgan fingerprint density at radius 2 is 2.22 bits per heavy atom. The average molecular weight is 157 g/mol. The average Bonchev–Trinajstić information content (AvgIpc) is 1.88. The van der Waals surface area contributed by atoms with Crippen LogP contribution >= 0.6 is 23.8 Å². The van der Waals surface area contributed by atoms with Gasteiger partial charge in [-0.15, -0.1) is 0 Å². The molecule has 0 fully saturated rings. The highest BCUT2D eigenvalue weighted by Crippen LogP contribution is 2.08. The van der Waals surface area contributed by atoms with Crippen molar-refractivity contribution in [1.29, 1.82) is 0 Å². The van der Waals surface area contributed by atoms with Crippen LogP contribution < -0.4 is 0 Å². The van der Waals surface area contributed by atoms with E-state index in [1.165, 1.54) is 0 Å². The second kappa shape index (κ2) is 2.95. The second-order valence-electron chi connectivity index (χ2n) is 1.67. The molecule has 0 nitrogen and oxygen atoms in total. The van der Waals surface area contributed by atoms with E-state index >= 15 is 0 Å². The van der Waals surface area contributed by atoms with Crippen molar-refractivity contribution in [2.45, 2.75) is 0 Å². The number of thiocarbonyl (C=S) groups is 1. The Labute approximate surface area is 64.5 Å². The molecular formula is C7H5ClS. The van der Waals surface area contributed by atoms with E-state index < -0.39 is 0 Å². The first-order valence-corrected chi connectivity index (χ1v) is 3.38. The maximum absolute atomic E-state index is 5.66. The lowest BCUT2D eigenvalue weighted by Gasteiger charge is -1.89. The normalized spacial score (nSPS) is 9.00. The van der Waals surface area contributed by atoms with Gasteiger partial charge in [-0.2, -0.15) is 0 Å². The van der Waals surface area contributed by atoms with Gasteiger partial charge in [0.25, 0.3) is 0 Å². The van der Waals surface area contributed by atoms with Gasteiger partial charge < -0.3 is 0 Å². The van der Waals surface area contributed by atoms with Crippen molar-refractivity contribution in [3.8, 4) is 0 Å². The van der Waals surface area contributed by atoms with E-state index in [9.17, 15) is 0 Å². The molecule has 46 valence electrons. The van der Waals surface area contributed by atoms with Crippen LogP contribution in [-0.2, 0) is 0 Å². The first-order valence-electron chi connectivity index (χ1n) is 2.53. The van der Waals surface area contributed by atoms with Gasteiger partial charge in [-0.3, -0.25) is 0 Å². The summed E-state index contributed by atoms with van der Waals surface area (Å²) in [5.41, 5.74) is 0.984. The van der Waals surface area contributed by atoms with Crippen molar-refractivity contribution >= 4 is 29.2 Å². The predicted molar refractivity (Wildman–Crippen MR) is 44.2 cm³/mol. The van der Waals surface area contributed by atoms with Crippen LogP contribution in [0.1, 0.15) is 5.56 Å². The third-order valence-corrected chi connectivity index (χ3v) is 1.49. The monoisotopic (exact) mass is 156 g/mol. The van der Waals surface area contributed by atoms with Crippen molar-refractivity contribution in [3.05, 3.63) is 34.9 Å². The van der Waals surface area contributed by atoms with E-state index in [1.807, 2.05) is 24.3 Å². The Bertz CT molecular complexity index is 220. The number of halogens is 1. The molecule has 9 heavy (non-hydrogen) atoms. The lowest BCUT2D eigenvalue weighted by atomic mass is 10.2. The maximum atomic E-state index is 5.66. The minimum absolute atomic E-state index is 0.730. The molecule has 0 unspecified atom stereocenters. The highest BCUT2D eigenvalue weighted by Gasteiger charge is 1.86. The van der Waals surface area contributed by atoms with Gasteiger partial charge in [0.2, 0.25) is 0 Å². The van der Waals surface area contributed by atoms with Gasteiger partial charge in [-0.25, -0.2) is 0 Å². The highest BCUT2D eigenvalue weighted by molar-refractivity contribution is 7.79. The first kappa shape index (κ1) is 6.72. The minimum Gasteiger partial charge on any atom is -0.0881 e. The van der Waals surface area contributed by atoms with Crippen molar-refractivity contribution < 1.29 is 0 Å². The molecule has 2 heteroatoms. The van der Waals surface area contributed by atoms with Crippen LogP contribution in [0.15, 0.2) is 24.3 Å². The Morgan fingerprint density at radius 3 is 2.67 bits per heavy atom. The van der Waals surface area contributed by atoms with Crippen LogP contribution in [0.25, 0.3) is 0 Å². The van der Waals surface area contributed by atoms with E-state index in [2.05, 4.69) is 0 Å². The van der Waals surface area contributed by atoms with E-state index in [0.29, 0.717) is 0 Å². The summed E-state index contributed by atoms with van der Waals surface area (Å²) in [5, 5.41) is 2.33. The van der Waals surface area contributed by atoms with Gasteiger partial charge in [-0.05, 0) is 17.7 Å². The maximum Gasteiger partial charge on any atom is 0.0412 e. The van der Waals surface area contributed by atoms with Gasteiger partial charge in [-0.1, -0.05) is 36.0 Å². The molecule has 1 aromatic carbocycles. The van der Waals surface area contributed by atoms with Crippen LogP contribution in [0.5, 0.6) is 0 Å². The van der Waals surface area contributed by atoms with Crippen LogP contribution in [-0.4, -0.2) is 5.37 Å². The zero-order valence-corrected chi connectivity index (χ0v) is 6.25. The number of benzene rings is 1. The molecule has 0 aliphatic heterocycles. The van der Waals surface area contributed by atoms with Crippen molar-refractivity contribution in [1.82, 2.24) is 0 Å². The molecule has 1 aromatic rings. The number of rotatable bonds is 1. The summed E-state index contributed by atoms with van der Waals surface area (Å²) in [6.07, 6.45) is 0. The largest absolute Gasteiger partial charge is 0.0881 e. The van der Waals surface area contributed by atoms with Crippen molar-refractivity contribution in [2.24, 2.45) is 0 Å². The summed E-state index contributed by atoms with van der Waals surface area (Å²) in [5.74, 6) is 0. The molecule has 0 aliphatic carbocycles. The lowest BCUT2D eigenvalue weighted by Crippen LogP contribution is -1.74. The van der Waals surface area contributed by atoms with E-state index in [1.54, 1.807) is 5.37 Å². The molecule has 0 heterocycles. The fraction of sp³-hybridized carbons (Fsp3) is 0. The summed E-state index contributed by atoms with van der Waals surface area (Å²) in [4.78, 5) is 0. The van der Waals surface area contributed by atoms with E-state index in [0.717, 1.165) is 10.6 Å². The first-order chi connectivity index (χ1) is 4.33. The van der Waals surface area contributed by atoms with Crippen LogP contribution in [0.2, 0.25) is 5.02 Å². The zero-order valence-electron chi connectivity index (χ0n) is 4.67. The summed E-state index contributed by atoms with van der Waals surface area (Å²) in [6, 6.07) is 7.44. The van der Waals surface area contributed by atoms with Crippen LogP contribution in [0, 0.1) is 0 Å². The number of hydrogen-bond acceptors (Lipinski definition) is 1. The SMILES string of the molecule is S=Cc1cccc(Cl)c1.